The molecule has 0 bridgehead atoms. The maximum atomic E-state index is 14.6. The second-order valence-electron chi connectivity index (χ2n) is 10.2. The molecule has 3 rings (SSSR count). The van der Waals surface area contributed by atoms with E-state index in [2.05, 4.69) is 6.92 Å². The van der Waals surface area contributed by atoms with Crippen molar-refractivity contribution in [1.29, 1.82) is 0 Å². The van der Waals surface area contributed by atoms with E-state index in [1.807, 2.05) is 38.1 Å². The van der Waals surface area contributed by atoms with Gasteiger partial charge in [0.25, 0.3) is 0 Å². The summed E-state index contributed by atoms with van der Waals surface area (Å²) in [4.78, 5) is 24.6. The van der Waals surface area contributed by atoms with Crippen LogP contribution in [0.1, 0.15) is 81.6 Å². The maximum absolute atomic E-state index is 14.6. The van der Waals surface area contributed by atoms with Crippen LogP contribution in [0.15, 0.2) is 66.7 Å². The Morgan fingerprint density at radius 1 is 0.769 bits per heavy atom. The van der Waals surface area contributed by atoms with Crippen molar-refractivity contribution in [3.05, 3.63) is 83.7 Å². The second kappa shape index (κ2) is 15.4. The molecule has 1 atom stereocenters. The molecule has 0 aliphatic carbocycles. The Labute approximate surface area is 236 Å². The van der Waals surface area contributed by atoms with E-state index in [-0.39, 0.29) is 17.3 Å². The average molecular weight is 553 g/mol. The van der Waals surface area contributed by atoms with Crippen LogP contribution in [0.4, 0.5) is 4.39 Å². The smallest absolute Gasteiger partial charge is 0.343 e. The van der Waals surface area contributed by atoms with Crippen molar-refractivity contribution in [2.75, 3.05) is 0 Å². The Kier molecular flexibility index (Phi) is 12.0. The van der Waals surface area contributed by atoms with Crippen LogP contribution in [0, 0.1) is 11.7 Å². The quantitative estimate of drug-likeness (QED) is 0.0865. The lowest BCUT2D eigenvalue weighted by atomic mass is 10.0. The molecular formula is C33H38ClFO4. The molecule has 0 aliphatic heterocycles. The first-order valence-electron chi connectivity index (χ1n) is 13.9. The molecule has 0 saturated carbocycles. The largest absolute Gasteiger partial charge is 0.425 e. The Balaban J connectivity index is 1.51. The molecule has 0 amide bonds. The van der Waals surface area contributed by atoms with Crippen molar-refractivity contribution in [1.82, 2.24) is 0 Å². The number of halogens is 2. The molecule has 0 N–H and O–H groups in total. The topological polar surface area (TPSA) is 52.6 Å². The fourth-order valence-corrected chi connectivity index (χ4v) is 4.24. The third-order valence-corrected chi connectivity index (χ3v) is 7.30. The number of hydrogen-bond donors (Lipinski definition) is 0. The van der Waals surface area contributed by atoms with Crippen LogP contribution in [0.3, 0.4) is 0 Å². The number of rotatable bonds is 14. The van der Waals surface area contributed by atoms with Gasteiger partial charge in [-0.15, -0.1) is 11.6 Å². The lowest BCUT2D eigenvalue weighted by molar-refractivity contribution is -0.134. The van der Waals surface area contributed by atoms with Crippen molar-refractivity contribution in [3.8, 4) is 22.6 Å². The summed E-state index contributed by atoms with van der Waals surface area (Å²) in [6, 6.07) is 18.7. The van der Waals surface area contributed by atoms with Crippen molar-refractivity contribution >= 4 is 23.5 Å². The highest BCUT2D eigenvalue weighted by Gasteiger charge is 2.21. The molecule has 0 heterocycles. The molecule has 3 aromatic carbocycles. The predicted molar refractivity (Wildman–Crippen MR) is 155 cm³/mol. The fraction of sp³-hybridized carbons (Fsp3) is 0.394. The monoisotopic (exact) mass is 552 g/mol. The third kappa shape index (κ3) is 9.50. The lowest BCUT2D eigenvalue weighted by Gasteiger charge is -2.12. The van der Waals surface area contributed by atoms with E-state index in [9.17, 15) is 14.0 Å². The van der Waals surface area contributed by atoms with Gasteiger partial charge in [0.2, 0.25) is 0 Å². The summed E-state index contributed by atoms with van der Waals surface area (Å²) in [5.41, 5.74) is 2.61. The van der Waals surface area contributed by atoms with Crippen molar-refractivity contribution < 1.29 is 23.5 Å². The van der Waals surface area contributed by atoms with Gasteiger partial charge in [-0.05, 0) is 71.8 Å². The van der Waals surface area contributed by atoms with Gasteiger partial charge < -0.3 is 9.47 Å². The van der Waals surface area contributed by atoms with E-state index in [0.717, 1.165) is 24.0 Å². The molecule has 208 valence electrons. The zero-order valence-electron chi connectivity index (χ0n) is 23.1. The number of hydrogen-bond acceptors (Lipinski definition) is 4. The van der Waals surface area contributed by atoms with Gasteiger partial charge in [-0.1, -0.05) is 89.6 Å². The second-order valence-corrected chi connectivity index (χ2v) is 10.7. The van der Waals surface area contributed by atoms with Crippen LogP contribution in [-0.4, -0.2) is 17.3 Å². The molecule has 6 heteroatoms. The van der Waals surface area contributed by atoms with Gasteiger partial charge in [0.15, 0.2) is 0 Å². The van der Waals surface area contributed by atoms with Crippen molar-refractivity contribution in [3.63, 3.8) is 0 Å². The van der Waals surface area contributed by atoms with Gasteiger partial charge in [0.05, 0.1) is 5.56 Å². The van der Waals surface area contributed by atoms with Gasteiger partial charge >= 0.3 is 11.9 Å². The highest BCUT2D eigenvalue weighted by atomic mass is 35.5. The molecule has 0 fully saturated rings. The molecule has 0 radical (unpaired) electrons. The maximum Gasteiger partial charge on any atom is 0.343 e. The number of carbonyl (C=O) groups excluding carboxylic acids is 2. The van der Waals surface area contributed by atoms with Gasteiger partial charge in [0, 0.05) is 0 Å². The summed E-state index contributed by atoms with van der Waals surface area (Å²) >= 11 is 6.06. The minimum absolute atomic E-state index is 0.0239. The summed E-state index contributed by atoms with van der Waals surface area (Å²) in [5.74, 6) is -0.692. The number of esters is 2. The normalized spacial score (nSPS) is 11.8. The highest BCUT2D eigenvalue weighted by molar-refractivity contribution is 6.30. The average Bonchev–Trinajstić information content (AvgIpc) is 2.93. The molecule has 0 aromatic heterocycles. The number of alkyl halides is 1. The first kappa shape index (κ1) is 30.4. The number of aryl methyl sites for hydroxylation is 1. The Morgan fingerprint density at radius 2 is 1.31 bits per heavy atom. The number of ether oxygens (including phenoxy) is 2. The number of unbranched alkanes of at least 4 members (excludes halogenated alkanes) is 6. The summed E-state index contributed by atoms with van der Waals surface area (Å²) in [6.45, 7) is 5.92. The van der Waals surface area contributed by atoms with Gasteiger partial charge in [-0.2, -0.15) is 0 Å². The predicted octanol–water partition coefficient (Wildman–Crippen LogP) is 9.17. The molecule has 1 unspecified atom stereocenters. The first-order chi connectivity index (χ1) is 18.8. The van der Waals surface area contributed by atoms with E-state index in [1.165, 1.54) is 38.2 Å². The standard InChI is InChI=1S/C33H38ClFO4/c1-4-5-6-7-8-9-10-11-26-12-13-27(22-30(26)35)32(36)38-28-18-14-24(15-19-28)25-16-20-29(21-17-25)39-33(37)31(34)23(2)3/h12-23,31H,4-11H2,1-3H3. The summed E-state index contributed by atoms with van der Waals surface area (Å²) < 4.78 is 25.4. The Hall–Kier alpha value is -3.18. The number of benzene rings is 3. The SMILES string of the molecule is CCCCCCCCCc1ccc(C(=O)Oc2ccc(-c3ccc(OC(=O)C(Cl)C(C)C)cc3)cc2)cc1F. The van der Waals surface area contributed by atoms with Crippen LogP contribution in [0.5, 0.6) is 11.5 Å². The van der Waals surface area contributed by atoms with Crippen LogP contribution < -0.4 is 9.47 Å². The summed E-state index contributed by atoms with van der Waals surface area (Å²) in [6.07, 6.45) is 8.90. The Morgan fingerprint density at radius 3 is 1.85 bits per heavy atom. The lowest BCUT2D eigenvalue weighted by Crippen LogP contribution is -2.25. The number of carbonyl (C=O) groups is 2. The van der Waals surface area contributed by atoms with Crippen LogP contribution in [0.2, 0.25) is 0 Å². The molecular weight excluding hydrogens is 515 g/mol. The van der Waals surface area contributed by atoms with Crippen LogP contribution >= 0.6 is 11.6 Å². The van der Waals surface area contributed by atoms with Gasteiger partial charge in [-0.3, -0.25) is 4.79 Å². The zero-order chi connectivity index (χ0) is 28.2. The van der Waals surface area contributed by atoms with Crippen LogP contribution in [-0.2, 0) is 11.2 Å². The van der Waals surface area contributed by atoms with Crippen LogP contribution in [0.25, 0.3) is 11.1 Å². The molecule has 39 heavy (non-hydrogen) atoms. The molecule has 0 saturated heterocycles. The van der Waals surface area contributed by atoms with E-state index in [0.29, 0.717) is 23.5 Å². The molecule has 4 nitrogen and oxygen atoms in total. The molecule has 0 spiro atoms. The van der Waals surface area contributed by atoms with E-state index in [4.69, 9.17) is 21.1 Å². The van der Waals surface area contributed by atoms with E-state index in [1.54, 1.807) is 36.4 Å². The third-order valence-electron chi connectivity index (χ3n) is 6.62. The zero-order valence-corrected chi connectivity index (χ0v) is 23.8. The van der Waals surface area contributed by atoms with Gasteiger partial charge in [-0.25, -0.2) is 9.18 Å². The minimum Gasteiger partial charge on any atom is -0.425 e. The minimum atomic E-state index is -0.704. The fourth-order valence-electron chi connectivity index (χ4n) is 4.19. The molecule has 3 aromatic rings. The van der Waals surface area contributed by atoms with Gasteiger partial charge in [0.1, 0.15) is 22.7 Å². The molecule has 0 aliphatic rings. The van der Waals surface area contributed by atoms with E-state index < -0.39 is 17.3 Å². The van der Waals surface area contributed by atoms with E-state index >= 15 is 0 Å². The van der Waals surface area contributed by atoms with Crippen molar-refractivity contribution in [2.45, 2.75) is 77.5 Å². The van der Waals surface area contributed by atoms with Crippen molar-refractivity contribution in [2.24, 2.45) is 5.92 Å². The summed E-state index contributed by atoms with van der Waals surface area (Å²) in [7, 11) is 0. The Bertz CT molecular complexity index is 1210. The highest BCUT2D eigenvalue weighted by Crippen LogP contribution is 2.26. The summed E-state index contributed by atoms with van der Waals surface area (Å²) in [5, 5.41) is -0.704. The first-order valence-corrected chi connectivity index (χ1v) is 14.3.